The molecular formula is C55H107NO3. The van der Waals surface area contributed by atoms with Crippen molar-refractivity contribution in [1.82, 2.24) is 5.32 Å². The van der Waals surface area contributed by atoms with Crippen LogP contribution in [0.25, 0.3) is 0 Å². The predicted octanol–water partition coefficient (Wildman–Crippen LogP) is 17.5. The number of rotatable bonds is 50. The van der Waals surface area contributed by atoms with Crippen molar-refractivity contribution in [2.75, 3.05) is 6.61 Å². The van der Waals surface area contributed by atoms with E-state index in [1.807, 2.05) is 6.08 Å². The second-order valence-electron chi connectivity index (χ2n) is 18.7. The third-order valence-electron chi connectivity index (χ3n) is 12.7. The highest BCUT2D eigenvalue weighted by atomic mass is 16.3. The van der Waals surface area contributed by atoms with Crippen molar-refractivity contribution in [3.63, 3.8) is 0 Å². The lowest BCUT2D eigenvalue weighted by Crippen LogP contribution is -2.45. The number of amides is 1. The number of hydrogen-bond donors (Lipinski definition) is 3. The predicted molar refractivity (Wildman–Crippen MR) is 262 cm³/mol. The maximum atomic E-state index is 12.4. The lowest BCUT2D eigenvalue weighted by atomic mass is 10.0. The molecule has 0 aliphatic heterocycles. The summed E-state index contributed by atoms with van der Waals surface area (Å²) in [5, 5.41) is 23.1. The topological polar surface area (TPSA) is 69.6 Å². The molecule has 1 amide bonds. The first-order valence-corrected chi connectivity index (χ1v) is 27.1. The SMILES string of the molecule is CCCCCCCCC/C=C\CCCCCCCCCC(=O)NC(CO)C(O)/C=C/CCCCCCCCCCCCCCCCCCCCCCCCCCCCC. The van der Waals surface area contributed by atoms with Gasteiger partial charge < -0.3 is 15.5 Å². The van der Waals surface area contributed by atoms with E-state index in [-0.39, 0.29) is 12.5 Å². The number of unbranched alkanes of at least 4 members (excludes halogenated alkanes) is 41. The molecule has 0 spiro atoms. The van der Waals surface area contributed by atoms with Crippen molar-refractivity contribution in [1.29, 1.82) is 0 Å². The molecular weight excluding hydrogens is 723 g/mol. The second kappa shape index (κ2) is 51.2. The molecule has 0 aromatic heterocycles. The molecule has 0 aromatic carbocycles. The van der Waals surface area contributed by atoms with Gasteiger partial charge in [-0.2, -0.15) is 0 Å². The minimum Gasteiger partial charge on any atom is -0.394 e. The smallest absolute Gasteiger partial charge is 0.220 e. The van der Waals surface area contributed by atoms with E-state index in [0.717, 1.165) is 25.7 Å². The van der Waals surface area contributed by atoms with Crippen molar-refractivity contribution in [3.05, 3.63) is 24.3 Å². The van der Waals surface area contributed by atoms with E-state index in [1.165, 1.54) is 257 Å². The normalized spacial score (nSPS) is 12.9. The second-order valence-corrected chi connectivity index (χ2v) is 18.7. The maximum absolute atomic E-state index is 12.4. The Hall–Kier alpha value is -1.13. The van der Waals surface area contributed by atoms with Gasteiger partial charge >= 0.3 is 0 Å². The summed E-state index contributed by atoms with van der Waals surface area (Å²) < 4.78 is 0. The zero-order chi connectivity index (χ0) is 42.8. The largest absolute Gasteiger partial charge is 0.394 e. The molecule has 0 radical (unpaired) electrons. The molecule has 0 aliphatic carbocycles. The lowest BCUT2D eigenvalue weighted by molar-refractivity contribution is -0.123. The fourth-order valence-electron chi connectivity index (χ4n) is 8.53. The van der Waals surface area contributed by atoms with Gasteiger partial charge in [-0.1, -0.05) is 276 Å². The third kappa shape index (κ3) is 47.8. The van der Waals surface area contributed by atoms with Crippen molar-refractivity contribution in [2.24, 2.45) is 0 Å². The van der Waals surface area contributed by atoms with Crippen LogP contribution in [-0.2, 0) is 4.79 Å². The fraction of sp³-hybridized carbons (Fsp3) is 0.909. The summed E-state index contributed by atoms with van der Waals surface area (Å²) in [6, 6.07) is -0.623. The molecule has 350 valence electrons. The first-order valence-electron chi connectivity index (χ1n) is 27.1. The van der Waals surface area contributed by atoms with Crippen molar-refractivity contribution in [2.45, 2.75) is 315 Å². The van der Waals surface area contributed by atoms with E-state index >= 15 is 0 Å². The first-order chi connectivity index (χ1) is 29.2. The minimum absolute atomic E-state index is 0.0645. The van der Waals surface area contributed by atoms with E-state index in [2.05, 4.69) is 31.3 Å². The summed E-state index contributed by atoms with van der Waals surface area (Å²) in [6.45, 7) is 4.33. The molecule has 0 heterocycles. The zero-order valence-electron chi connectivity index (χ0n) is 40.3. The molecule has 4 nitrogen and oxygen atoms in total. The molecule has 0 saturated heterocycles. The van der Waals surface area contributed by atoms with Gasteiger partial charge in [0, 0.05) is 6.42 Å². The van der Waals surface area contributed by atoms with E-state index < -0.39 is 12.1 Å². The number of aliphatic hydroxyl groups excluding tert-OH is 2. The highest BCUT2D eigenvalue weighted by Gasteiger charge is 2.18. The summed E-state index contributed by atoms with van der Waals surface area (Å²) in [4.78, 5) is 12.4. The van der Waals surface area contributed by atoms with Crippen LogP contribution in [0.5, 0.6) is 0 Å². The van der Waals surface area contributed by atoms with Gasteiger partial charge in [0.25, 0.3) is 0 Å². The standard InChI is InChI=1S/C55H107NO3/c1-3-5-7-9-11-13-15-17-19-21-23-24-25-26-27-28-29-30-31-32-33-34-36-38-40-42-44-46-48-50-54(58)53(52-57)56-55(59)51-49-47-45-43-41-39-37-35-22-20-18-16-14-12-10-8-6-4-2/h20,22,48,50,53-54,57-58H,3-19,21,23-47,49,51-52H2,1-2H3,(H,56,59)/b22-20-,50-48+. The Morgan fingerprint density at radius 1 is 0.390 bits per heavy atom. The minimum atomic E-state index is -0.840. The zero-order valence-corrected chi connectivity index (χ0v) is 40.3. The van der Waals surface area contributed by atoms with Crippen LogP contribution in [0.1, 0.15) is 303 Å². The Bertz CT molecular complexity index is 855. The van der Waals surface area contributed by atoms with Crippen molar-refractivity contribution < 1.29 is 15.0 Å². The Labute approximate surface area is 370 Å². The van der Waals surface area contributed by atoms with Crippen LogP contribution in [0, 0.1) is 0 Å². The molecule has 0 aromatic rings. The molecule has 0 saturated carbocycles. The van der Waals surface area contributed by atoms with Gasteiger partial charge in [-0.15, -0.1) is 0 Å². The number of carbonyl (C=O) groups is 1. The van der Waals surface area contributed by atoms with Gasteiger partial charge in [0.1, 0.15) is 0 Å². The lowest BCUT2D eigenvalue weighted by Gasteiger charge is -2.20. The van der Waals surface area contributed by atoms with Gasteiger partial charge in [0.15, 0.2) is 0 Å². The molecule has 0 bridgehead atoms. The Morgan fingerprint density at radius 2 is 0.644 bits per heavy atom. The van der Waals surface area contributed by atoms with Gasteiger partial charge in [-0.3, -0.25) is 4.79 Å². The summed E-state index contributed by atoms with van der Waals surface area (Å²) >= 11 is 0. The molecule has 59 heavy (non-hydrogen) atoms. The molecule has 0 fully saturated rings. The highest BCUT2D eigenvalue weighted by Crippen LogP contribution is 2.17. The van der Waals surface area contributed by atoms with Crippen molar-refractivity contribution >= 4 is 5.91 Å². The summed E-state index contributed by atoms with van der Waals surface area (Å²) in [5.74, 6) is -0.0645. The number of aliphatic hydroxyl groups is 2. The number of allylic oxidation sites excluding steroid dienone is 3. The van der Waals surface area contributed by atoms with Gasteiger partial charge in [-0.25, -0.2) is 0 Å². The third-order valence-corrected chi connectivity index (χ3v) is 12.7. The van der Waals surface area contributed by atoms with E-state index in [4.69, 9.17) is 0 Å². The Kier molecular flexibility index (Phi) is 50.2. The molecule has 2 unspecified atom stereocenters. The molecule has 4 heteroatoms. The summed E-state index contributed by atoms with van der Waals surface area (Å²) in [6.07, 6.45) is 67.6. The molecule has 2 atom stereocenters. The van der Waals surface area contributed by atoms with Gasteiger partial charge in [-0.05, 0) is 44.9 Å². The van der Waals surface area contributed by atoms with Crippen LogP contribution in [0.3, 0.4) is 0 Å². The molecule has 0 aliphatic rings. The van der Waals surface area contributed by atoms with E-state index in [1.54, 1.807) is 6.08 Å². The number of hydrogen-bond acceptors (Lipinski definition) is 3. The molecule has 3 N–H and O–H groups in total. The van der Waals surface area contributed by atoms with Crippen LogP contribution in [0.4, 0.5) is 0 Å². The Balaban J connectivity index is 3.47. The first kappa shape index (κ1) is 57.9. The monoisotopic (exact) mass is 830 g/mol. The maximum Gasteiger partial charge on any atom is 0.220 e. The van der Waals surface area contributed by atoms with Crippen LogP contribution in [0.2, 0.25) is 0 Å². The average Bonchev–Trinajstić information content (AvgIpc) is 3.24. The Morgan fingerprint density at radius 3 is 0.932 bits per heavy atom. The van der Waals surface area contributed by atoms with Crippen LogP contribution < -0.4 is 5.32 Å². The fourth-order valence-corrected chi connectivity index (χ4v) is 8.53. The van der Waals surface area contributed by atoms with Crippen LogP contribution in [0.15, 0.2) is 24.3 Å². The van der Waals surface area contributed by atoms with Crippen LogP contribution >= 0.6 is 0 Å². The van der Waals surface area contributed by atoms with E-state index in [0.29, 0.717) is 6.42 Å². The van der Waals surface area contributed by atoms with E-state index in [9.17, 15) is 15.0 Å². The summed E-state index contributed by atoms with van der Waals surface area (Å²) in [7, 11) is 0. The number of nitrogens with one attached hydrogen (secondary N) is 1. The van der Waals surface area contributed by atoms with Gasteiger partial charge in [0.05, 0.1) is 18.8 Å². The van der Waals surface area contributed by atoms with Gasteiger partial charge in [0.2, 0.25) is 5.91 Å². The van der Waals surface area contributed by atoms with Crippen molar-refractivity contribution in [3.8, 4) is 0 Å². The molecule has 0 rings (SSSR count). The average molecular weight is 830 g/mol. The number of carbonyl (C=O) groups excluding carboxylic acids is 1. The summed E-state index contributed by atoms with van der Waals surface area (Å²) in [5.41, 5.74) is 0. The quantitative estimate of drug-likeness (QED) is 0.0422. The highest BCUT2D eigenvalue weighted by molar-refractivity contribution is 5.76. The van der Waals surface area contributed by atoms with Crippen LogP contribution in [-0.4, -0.2) is 34.9 Å².